The highest BCUT2D eigenvalue weighted by atomic mass is 35.5. The number of nitrogens with zero attached hydrogens (tertiary/aromatic N) is 1. The monoisotopic (exact) mass is 301 g/mol. The van der Waals surface area contributed by atoms with E-state index in [4.69, 9.17) is 28.5 Å². The highest BCUT2D eigenvalue weighted by molar-refractivity contribution is 6.37. The molecule has 2 aromatic rings. The van der Waals surface area contributed by atoms with Crippen LogP contribution in [0.3, 0.4) is 0 Å². The van der Waals surface area contributed by atoms with Crippen LogP contribution in [0.2, 0.25) is 5.02 Å². The maximum Gasteiger partial charge on any atom is 0.354 e. The van der Waals surface area contributed by atoms with E-state index in [0.717, 1.165) is 4.09 Å². The van der Waals surface area contributed by atoms with Gasteiger partial charge in [-0.25, -0.2) is 8.88 Å². The number of hydrogen-bond donors (Lipinski definition) is 2. The van der Waals surface area contributed by atoms with Gasteiger partial charge in [-0.1, -0.05) is 17.7 Å². The lowest BCUT2D eigenvalue weighted by Crippen LogP contribution is -2.06. The van der Waals surface area contributed by atoms with Crippen molar-refractivity contribution in [3.05, 3.63) is 34.5 Å². The van der Waals surface area contributed by atoms with Gasteiger partial charge in [0.15, 0.2) is 0 Å². The Bertz CT molecular complexity index is 678. The largest absolute Gasteiger partial charge is 0.481 e. The number of fused-ring (bicyclic) bond motifs is 1. The van der Waals surface area contributed by atoms with E-state index >= 15 is 0 Å². The topological polar surface area (TPSA) is 79.5 Å². The molecule has 1 aromatic heterocycles. The Balaban J connectivity index is 2.72. The molecule has 0 aliphatic rings. The highest BCUT2D eigenvalue weighted by Gasteiger charge is 2.23. The van der Waals surface area contributed by atoms with Gasteiger partial charge < -0.3 is 10.2 Å². The van der Waals surface area contributed by atoms with Crippen LogP contribution in [0.5, 0.6) is 0 Å². The van der Waals surface area contributed by atoms with Crippen molar-refractivity contribution in [2.75, 3.05) is 0 Å². The molecule has 0 atom stereocenters. The minimum absolute atomic E-state index is 0.0525. The van der Waals surface area contributed by atoms with Gasteiger partial charge in [-0.05, 0) is 24.1 Å². The molecule has 0 amide bonds. The molecule has 0 fully saturated rings. The number of halogens is 2. The van der Waals surface area contributed by atoms with Gasteiger partial charge in [-0.15, -0.1) is 0 Å². The lowest BCUT2D eigenvalue weighted by Gasteiger charge is -2.01. The summed E-state index contributed by atoms with van der Waals surface area (Å²) >= 11 is 12.0. The normalized spacial score (nSPS) is 10.8. The van der Waals surface area contributed by atoms with Crippen LogP contribution in [0.25, 0.3) is 10.9 Å². The Morgan fingerprint density at radius 3 is 2.53 bits per heavy atom. The molecular formula is C12H9Cl2NO4. The van der Waals surface area contributed by atoms with Crippen LogP contribution in [0.4, 0.5) is 0 Å². The van der Waals surface area contributed by atoms with Crippen molar-refractivity contribution < 1.29 is 19.8 Å². The third kappa shape index (κ3) is 2.39. The first-order valence-electron chi connectivity index (χ1n) is 5.36. The van der Waals surface area contributed by atoms with Crippen LogP contribution in [0.1, 0.15) is 22.5 Å². The minimum atomic E-state index is -1.22. The van der Waals surface area contributed by atoms with Crippen molar-refractivity contribution in [2.45, 2.75) is 12.8 Å². The molecular weight excluding hydrogens is 293 g/mol. The average Bonchev–Trinajstić information content (AvgIpc) is 2.61. The molecule has 1 aromatic carbocycles. The van der Waals surface area contributed by atoms with Crippen molar-refractivity contribution >= 4 is 46.2 Å². The van der Waals surface area contributed by atoms with Crippen molar-refractivity contribution in [3.8, 4) is 0 Å². The van der Waals surface area contributed by atoms with Gasteiger partial charge in [0.1, 0.15) is 5.69 Å². The van der Waals surface area contributed by atoms with E-state index in [1.807, 2.05) is 0 Å². The summed E-state index contributed by atoms with van der Waals surface area (Å²) in [4.78, 5) is 21.9. The predicted octanol–water partition coefficient (Wildman–Crippen LogP) is 3.01. The fourth-order valence-corrected chi connectivity index (χ4v) is 2.62. The minimum Gasteiger partial charge on any atom is -0.481 e. The van der Waals surface area contributed by atoms with Crippen LogP contribution in [-0.4, -0.2) is 26.2 Å². The smallest absolute Gasteiger partial charge is 0.354 e. The molecule has 2 N–H and O–H groups in total. The number of hydrogen-bond acceptors (Lipinski definition) is 2. The van der Waals surface area contributed by atoms with Crippen LogP contribution in [-0.2, 0) is 11.2 Å². The summed E-state index contributed by atoms with van der Waals surface area (Å²) in [6.45, 7) is 0. The summed E-state index contributed by atoms with van der Waals surface area (Å²) in [7, 11) is 0. The van der Waals surface area contributed by atoms with E-state index in [1.165, 1.54) is 0 Å². The third-order valence-electron chi connectivity index (χ3n) is 2.78. The van der Waals surface area contributed by atoms with Gasteiger partial charge in [0.2, 0.25) is 0 Å². The zero-order valence-electron chi connectivity index (χ0n) is 9.56. The molecule has 19 heavy (non-hydrogen) atoms. The van der Waals surface area contributed by atoms with Gasteiger partial charge in [-0.3, -0.25) is 4.79 Å². The predicted molar refractivity (Wildman–Crippen MR) is 71.1 cm³/mol. The molecule has 1 heterocycles. The average molecular weight is 302 g/mol. The molecule has 0 aliphatic carbocycles. The highest BCUT2D eigenvalue weighted by Crippen LogP contribution is 2.33. The Morgan fingerprint density at radius 1 is 1.26 bits per heavy atom. The molecule has 0 unspecified atom stereocenters. The van der Waals surface area contributed by atoms with Crippen LogP contribution in [0, 0.1) is 0 Å². The first-order valence-corrected chi connectivity index (χ1v) is 6.08. The molecule has 0 bridgehead atoms. The zero-order chi connectivity index (χ0) is 14.2. The summed E-state index contributed by atoms with van der Waals surface area (Å²) in [6, 6.07) is 4.89. The summed E-state index contributed by atoms with van der Waals surface area (Å²) in [5.74, 6) is -2.23. The summed E-state index contributed by atoms with van der Waals surface area (Å²) < 4.78 is 1.00. The number of benzene rings is 1. The van der Waals surface area contributed by atoms with E-state index < -0.39 is 11.9 Å². The number of carboxylic acids is 2. The second-order valence-electron chi connectivity index (χ2n) is 3.94. The molecule has 2 rings (SSSR count). The zero-order valence-corrected chi connectivity index (χ0v) is 11.1. The lowest BCUT2D eigenvalue weighted by molar-refractivity contribution is -0.136. The van der Waals surface area contributed by atoms with Gasteiger partial charge in [0.25, 0.3) is 0 Å². The molecule has 0 saturated heterocycles. The summed E-state index contributed by atoms with van der Waals surface area (Å²) in [5.41, 5.74) is 0.642. The fourth-order valence-electron chi connectivity index (χ4n) is 2.02. The van der Waals surface area contributed by atoms with E-state index in [1.54, 1.807) is 18.2 Å². The van der Waals surface area contributed by atoms with Gasteiger partial charge in [0.05, 0.1) is 10.5 Å². The first-order chi connectivity index (χ1) is 8.93. The first kappa shape index (κ1) is 13.7. The molecule has 7 heteroatoms. The van der Waals surface area contributed by atoms with Gasteiger partial charge in [-0.2, -0.15) is 0 Å². The van der Waals surface area contributed by atoms with Crippen molar-refractivity contribution in [1.29, 1.82) is 0 Å². The Labute approximate surface area is 118 Å². The molecule has 5 nitrogen and oxygen atoms in total. The maximum atomic E-state index is 11.3. The summed E-state index contributed by atoms with van der Waals surface area (Å²) in [5, 5.41) is 18.8. The molecule has 100 valence electrons. The lowest BCUT2D eigenvalue weighted by atomic mass is 10.1. The molecule has 0 aliphatic heterocycles. The van der Waals surface area contributed by atoms with E-state index in [2.05, 4.69) is 0 Å². The summed E-state index contributed by atoms with van der Waals surface area (Å²) in [6.07, 6.45) is -0.140. The van der Waals surface area contributed by atoms with Crippen LogP contribution >= 0.6 is 23.4 Å². The van der Waals surface area contributed by atoms with Crippen molar-refractivity contribution in [1.82, 2.24) is 4.09 Å². The molecule has 0 spiro atoms. The number of aryl methyl sites for hydroxylation is 1. The number of aliphatic carboxylic acids is 1. The third-order valence-corrected chi connectivity index (χ3v) is 3.44. The molecule has 0 radical (unpaired) electrons. The maximum absolute atomic E-state index is 11.3. The molecule has 0 saturated carbocycles. The van der Waals surface area contributed by atoms with Crippen LogP contribution in [0.15, 0.2) is 18.2 Å². The standard InChI is InChI=1S/C12H9Cl2NO4/c13-7-2-1-3-8-10(7)6(4-5-9(16)17)11(12(18)19)15(8)14/h1-3H,4-5H2,(H,16,17)(H,18,19). The van der Waals surface area contributed by atoms with Crippen molar-refractivity contribution in [3.63, 3.8) is 0 Å². The number of aromatic carboxylic acids is 1. The van der Waals surface area contributed by atoms with Crippen LogP contribution < -0.4 is 0 Å². The van der Waals surface area contributed by atoms with Gasteiger partial charge >= 0.3 is 11.9 Å². The Morgan fingerprint density at radius 2 is 1.95 bits per heavy atom. The number of carbonyl (C=O) groups is 2. The quantitative estimate of drug-likeness (QED) is 0.910. The number of carboxylic acid groups (broad SMARTS) is 2. The van der Waals surface area contributed by atoms with E-state index in [9.17, 15) is 14.7 Å². The second-order valence-corrected chi connectivity index (χ2v) is 4.69. The fraction of sp³-hybridized carbons (Fsp3) is 0.167. The number of aromatic nitrogens is 1. The SMILES string of the molecule is O=C(O)CCc1c(C(=O)O)n(Cl)c2cccc(Cl)c12. The number of rotatable bonds is 4. The second kappa shape index (κ2) is 5.11. The Hall–Kier alpha value is -1.72. The van der Waals surface area contributed by atoms with Gasteiger partial charge in [0, 0.05) is 23.6 Å². The van der Waals surface area contributed by atoms with E-state index in [-0.39, 0.29) is 18.5 Å². The van der Waals surface area contributed by atoms with E-state index in [0.29, 0.717) is 21.5 Å². The van der Waals surface area contributed by atoms with Crippen molar-refractivity contribution in [2.24, 2.45) is 0 Å². The Kier molecular flexibility index (Phi) is 3.68.